The van der Waals surface area contributed by atoms with Crippen LogP contribution in [0.3, 0.4) is 0 Å². The van der Waals surface area contributed by atoms with Gasteiger partial charge in [-0.1, -0.05) is 56.5 Å². The number of hydrogen-bond acceptors (Lipinski definition) is 4. The lowest BCUT2D eigenvalue weighted by atomic mass is 9.83. The highest BCUT2D eigenvalue weighted by molar-refractivity contribution is 5.90. The molecule has 1 saturated carbocycles. The lowest BCUT2D eigenvalue weighted by Gasteiger charge is -2.41. The Bertz CT molecular complexity index is 791. The molecular weight excluding hydrogens is 424 g/mol. The summed E-state index contributed by atoms with van der Waals surface area (Å²) in [5, 5.41) is 6.32. The minimum Gasteiger partial charge on any atom is -0.343 e. The zero-order valence-electron chi connectivity index (χ0n) is 21.2. The summed E-state index contributed by atoms with van der Waals surface area (Å²) in [4.78, 5) is 31.7. The molecule has 1 aliphatic carbocycles. The third-order valence-corrected chi connectivity index (χ3v) is 8.55. The summed E-state index contributed by atoms with van der Waals surface area (Å²) in [6.07, 6.45) is 9.68. The second-order valence-corrected chi connectivity index (χ2v) is 10.6. The molecule has 2 unspecified atom stereocenters. The molecule has 2 N–H and O–H groups in total. The predicted octanol–water partition coefficient (Wildman–Crippen LogP) is 3.22. The van der Waals surface area contributed by atoms with E-state index in [2.05, 4.69) is 50.8 Å². The Morgan fingerprint density at radius 3 is 2.47 bits per heavy atom. The average molecular weight is 469 g/mol. The molecule has 2 saturated heterocycles. The average Bonchev–Trinajstić information content (AvgIpc) is 3.31. The maximum atomic E-state index is 14.0. The normalized spacial score (nSPS) is 25.5. The molecule has 3 aliphatic rings. The molecule has 0 spiro atoms. The van der Waals surface area contributed by atoms with Crippen molar-refractivity contribution in [2.75, 3.05) is 33.2 Å². The van der Waals surface area contributed by atoms with E-state index in [-0.39, 0.29) is 35.9 Å². The Morgan fingerprint density at radius 2 is 1.76 bits per heavy atom. The van der Waals surface area contributed by atoms with E-state index in [9.17, 15) is 9.59 Å². The molecule has 0 bridgehead atoms. The molecule has 188 valence electrons. The maximum absolute atomic E-state index is 14.0. The molecule has 4 atom stereocenters. The van der Waals surface area contributed by atoms with Crippen molar-refractivity contribution in [3.05, 3.63) is 35.9 Å². The van der Waals surface area contributed by atoms with E-state index in [1.165, 1.54) is 18.4 Å². The number of hydrogen-bond donors (Lipinski definition) is 2. The number of benzene rings is 1. The number of likely N-dealkylation sites (tertiary alicyclic amines) is 2. The van der Waals surface area contributed by atoms with Gasteiger partial charge in [-0.3, -0.25) is 9.59 Å². The van der Waals surface area contributed by atoms with Gasteiger partial charge in [0, 0.05) is 25.7 Å². The van der Waals surface area contributed by atoms with Crippen molar-refractivity contribution >= 4 is 11.8 Å². The number of nitrogens with one attached hydrogen (secondary N) is 2. The number of likely N-dealkylation sites (N-methyl/N-ethyl adjacent to an activating group) is 1. The van der Waals surface area contributed by atoms with Crippen LogP contribution >= 0.6 is 0 Å². The van der Waals surface area contributed by atoms with Gasteiger partial charge in [0.25, 0.3) is 0 Å². The van der Waals surface area contributed by atoms with Crippen molar-refractivity contribution < 1.29 is 9.59 Å². The number of carbonyl (C=O) groups is 2. The van der Waals surface area contributed by atoms with Crippen LogP contribution in [0.25, 0.3) is 0 Å². The van der Waals surface area contributed by atoms with E-state index in [4.69, 9.17) is 0 Å². The highest BCUT2D eigenvalue weighted by Crippen LogP contribution is 2.34. The van der Waals surface area contributed by atoms with Gasteiger partial charge in [-0.15, -0.1) is 0 Å². The first-order chi connectivity index (χ1) is 16.6. The first-order valence-corrected chi connectivity index (χ1v) is 13.6. The first-order valence-electron chi connectivity index (χ1n) is 13.6. The SMILES string of the molecule is CCC(NC)C(=O)NC(C(=O)N1CC[C@H]2CCN(CCc3ccccc3)C[C@H]21)C1CCCCC1. The summed E-state index contributed by atoms with van der Waals surface area (Å²) in [5.74, 6) is 0.998. The number of carbonyl (C=O) groups excluding carboxylic acids is 2. The molecule has 4 rings (SSSR count). The Hall–Kier alpha value is -1.92. The predicted molar refractivity (Wildman–Crippen MR) is 136 cm³/mol. The largest absolute Gasteiger partial charge is 0.343 e. The van der Waals surface area contributed by atoms with Crippen LogP contribution in [0.2, 0.25) is 0 Å². The fourth-order valence-electron chi connectivity index (χ4n) is 6.42. The fraction of sp³-hybridized carbons (Fsp3) is 0.714. The highest BCUT2D eigenvalue weighted by Gasteiger charge is 2.44. The molecule has 1 aromatic rings. The van der Waals surface area contributed by atoms with Crippen LogP contribution in [0.1, 0.15) is 63.9 Å². The third kappa shape index (κ3) is 6.01. The molecule has 0 radical (unpaired) electrons. The monoisotopic (exact) mass is 468 g/mol. The zero-order chi connectivity index (χ0) is 23.9. The summed E-state index contributed by atoms with van der Waals surface area (Å²) >= 11 is 0. The van der Waals surface area contributed by atoms with Crippen molar-refractivity contribution in [2.24, 2.45) is 11.8 Å². The van der Waals surface area contributed by atoms with E-state index in [0.717, 1.165) is 71.1 Å². The summed E-state index contributed by atoms with van der Waals surface area (Å²) in [6.45, 7) is 5.97. The Kier molecular flexibility index (Phi) is 9.01. The molecule has 3 fully saturated rings. The second kappa shape index (κ2) is 12.2. The lowest BCUT2D eigenvalue weighted by molar-refractivity contribution is -0.140. The van der Waals surface area contributed by atoms with Crippen LogP contribution in [0, 0.1) is 11.8 Å². The quantitative estimate of drug-likeness (QED) is 0.584. The number of amides is 2. The van der Waals surface area contributed by atoms with E-state index in [1.807, 2.05) is 14.0 Å². The van der Waals surface area contributed by atoms with E-state index >= 15 is 0 Å². The van der Waals surface area contributed by atoms with Crippen LogP contribution in [0.4, 0.5) is 0 Å². The van der Waals surface area contributed by atoms with Gasteiger partial charge in [0.1, 0.15) is 6.04 Å². The number of piperidine rings is 1. The summed E-state index contributed by atoms with van der Waals surface area (Å²) in [5.41, 5.74) is 1.37. The Labute approximate surface area is 205 Å². The molecule has 34 heavy (non-hydrogen) atoms. The lowest BCUT2D eigenvalue weighted by Crippen LogP contribution is -2.59. The van der Waals surface area contributed by atoms with E-state index in [0.29, 0.717) is 5.92 Å². The Morgan fingerprint density at radius 1 is 1.03 bits per heavy atom. The molecule has 1 aromatic carbocycles. The molecule has 6 heteroatoms. The van der Waals surface area contributed by atoms with Gasteiger partial charge in [0.2, 0.25) is 11.8 Å². The number of nitrogens with zero attached hydrogens (tertiary/aromatic N) is 2. The number of fused-ring (bicyclic) bond motifs is 1. The molecule has 2 aliphatic heterocycles. The summed E-state index contributed by atoms with van der Waals surface area (Å²) < 4.78 is 0. The minimum absolute atomic E-state index is 0.0298. The van der Waals surface area contributed by atoms with Crippen molar-refractivity contribution in [2.45, 2.75) is 82.8 Å². The Balaban J connectivity index is 1.43. The maximum Gasteiger partial charge on any atom is 0.245 e. The van der Waals surface area contributed by atoms with Gasteiger partial charge in [-0.25, -0.2) is 0 Å². The topological polar surface area (TPSA) is 64.7 Å². The second-order valence-electron chi connectivity index (χ2n) is 10.6. The molecule has 6 nitrogen and oxygen atoms in total. The van der Waals surface area contributed by atoms with Gasteiger partial charge >= 0.3 is 0 Å². The van der Waals surface area contributed by atoms with Gasteiger partial charge in [0.15, 0.2) is 0 Å². The van der Waals surface area contributed by atoms with Crippen molar-refractivity contribution in [1.29, 1.82) is 0 Å². The van der Waals surface area contributed by atoms with Crippen molar-refractivity contribution in [1.82, 2.24) is 20.4 Å². The van der Waals surface area contributed by atoms with Crippen LogP contribution in [-0.2, 0) is 16.0 Å². The standard InChI is InChI=1S/C28H44N4O2/c1-3-24(29-2)27(33)30-26(23-12-8-5-9-13-23)28(34)32-19-16-22-15-18-31(20-25(22)32)17-14-21-10-6-4-7-11-21/h4,6-7,10-11,22-26,29H,3,5,8-9,12-20H2,1-2H3,(H,30,33)/t22-,24?,25-,26?/m1/s1. The molecule has 0 aromatic heterocycles. The smallest absolute Gasteiger partial charge is 0.245 e. The van der Waals surface area contributed by atoms with Crippen LogP contribution < -0.4 is 10.6 Å². The van der Waals surface area contributed by atoms with Gasteiger partial charge in [-0.05, 0) is 69.5 Å². The van der Waals surface area contributed by atoms with E-state index in [1.54, 1.807) is 0 Å². The van der Waals surface area contributed by atoms with Crippen LogP contribution in [0.15, 0.2) is 30.3 Å². The molecule has 2 amide bonds. The van der Waals surface area contributed by atoms with E-state index < -0.39 is 0 Å². The summed E-state index contributed by atoms with van der Waals surface area (Å²) in [7, 11) is 1.82. The van der Waals surface area contributed by atoms with Crippen molar-refractivity contribution in [3.63, 3.8) is 0 Å². The molecule has 2 heterocycles. The first kappa shape index (κ1) is 25.2. The van der Waals surface area contributed by atoms with Crippen molar-refractivity contribution in [3.8, 4) is 0 Å². The van der Waals surface area contributed by atoms with Crippen LogP contribution in [0.5, 0.6) is 0 Å². The zero-order valence-corrected chi connectivity index (χ0v) is 21.2. The number of rotatable bonds is 9. The van der Waals surface area contributed by atoms with Gasteiger partial charge in [-0.2, -0.15) is 0 Å². The van der Waals surface area contributed by atoms with Crippen LogP contribution in [-0.4, -0.2) is 73.0 Å². The van der Waals surface area contributed by atoms with Gasteiger partial charge < -0.3 is 20.4 Å². The summed E-state index contributed by atoms with van der Waals surface area (Å²) in [6, 6.07) is 10.3. The minimum atomic E-state index is -0.381. The van der Waals surface area contributed by atoms with Gasteiger partial charge in [0.05, 0.1) is 6.04 Å². The third-order valence-electron chi connectivity index (χ3n) is 8.55. The highest BCUT2D eigenvalue weighted by atomic mass is 16.2. The fourth-order valence-corrected chi connectivity index (χ4v) is 6.42. The molecular formula is C28H44N4O2.